The molecule has 3 aromatic rings. The second-order valence-electron chi connectivity index (χ2n) is 11.4. The molecule has 3 aromatic carbocycles. The van der Waals surface area contributed by atoms with Gasteiger partial charge in [0.2, 0.25) is 5.82 Å². The molecule has 0 bridgehead atoms. The van der Waals surface area contributed by atoms with Crippen LogP contribution in [0.25, 0.3) is 22.3 Å². The van der Waals surface area contributed by atoms with Crippen LogP contribution in [0.1, 0.15) is 102 Å². The summed E-state index contributed by atoms with van der Waals surface area (Å²) in [6.07, 6.45) is 13.8. The Balaban J connectivity index is 1.34. The van der Waals surface area contributed by atoms with Gasteiger partial charge in [0.05, 0.1) is 19.3 Å². The molecule has 2 atom stereocenters. The van der Waals surface area contributed by atoms with E-state index in [-0.39, 0.29) is 23.0 Å². The molecule has 4 rings (SSSR count). The van der Waals surface area contributed by atoms with Gasteiger partial charge in [0, 0.05) is 17.0 Å². The van der Waals surface area contributed by atoms with E-state index in [0.717, 1.165) is 50.5 Å². The Morgan fingerprint density at radius 1 is 0.707 bits per heavy atom. The van der Waals surface area contributed by atoms with E-state index in [1.807, 2.05) is 12.1 Å². The maximum atomic E-state index is 15.2. The van der Waals surface area contributed by atoms with Crippen molar-refractivity contribution < 1.29 is 22.6 Å². The summed E-state index contributed by atoms with van der Waals surface area (Å²) in [7, 11) is 0. The smallest absolute Gasteiger partial charge is 0.201 e. The highest BCUT2D eigenvalue weighted by atomic mass is 19.2. The second kappa shape index (κ2) is 16.0. The van der Waals surface area contributed by atoms with Crippen molar-refractivity contribution in [2.24, 2.45) is 0 Å². The lowest BCUT2D eigenvalue weighted by atomic mass is 9.89. The van der Waals surface area contributed by atoms with Crippen LogP contribution in [0.2, 0.25) is 0 Å². The Hall–Kier alpha value is -2.79. The van der Waals surface area contributed by atoms with Gasteiger partial charge in [-0.05, 0) is 60.6 Å². The first-order chi connectivity index (χ1) is 20.0. The van der Waals surface area contributed by atoms with Crippen molar-refractivity contribution >= 4 is 0 Å². The van der Waals surface area contributed by atoms with Crippen molar-refractivity contribution in [2.45, 2.75) is 103 Å². The van der Waals surface area contributed by atoms with Crippen LogP contribution in [-0.2, 0) is 4.74 Å². The molecule has 1 saturated heterocycles. The molecular formula is C36H45F3O2. The summed E-state index contributed by atoms with van der Waals surface area (Å²) in [6.45, 7) is 5.35. The monoisotopic (exact) mass is 566 g/mol. The third kappa shape index (κ3) is 8.61. The molecule has 1 aliphatic rings. The molecule has 1 heterocycles. The van der Waals surface area contributed by atoms with Crippen LogP contribution in [0.4, 0.5) is 13.2 Å². The number of hydrogen-bond donors (Lipinski definition) is 0. The molecule has 0 spiro atoms. The maximum absolute atomic E-state index is 15.2. The fourth-order valence-corrected chi connectivity index (χ4v) is 5.70. The van der Waals surface area contributed by atoms with Gasteiger partial charge in [-0.15, -0.1) is 0 Å². The summed E-state index contributed by atoms with van der Waals surface area (Å²) >= 11 is 0. The number of unbranched alkanes of at least 4 members (excludes halogenated alkanes) is 7. The minimum absolute atomic E-state index is 0.0668. The number of halogens is 3. The molecule has 1 fully saturated rings. The van der Waals surface area contributed by atoms with Gasteiger partial charge in [0.1, 0.15) is 5.82 Å². The fraction of sp³-hybridized carbons (Fsp3) is 0.500. The van der Waals surface area contributed by atoms with Crippen molar-refractivity contribution in [3.8, 4) is 28.0 Å². The molecule has 0 radical (unpaired) electrons. The summed E-state index contributed by atoms with van der Waals surface area (Å²) in [6, 6.07) is 15.3. The van der Waals surface area contributed by atoms with Gasteiger partial charge in [-0.2, -0.15) is 4.39 Å². The van der Waals surface area contributed by atoms with Gasteiger partial charge < -0.3 is 9.47 Å². The van der Waals surface area contributed by atoms with Crippen LogP contribution in [0, 0.1) is 17.5 Å². The molecule has 0 saturated carbocycles. The zero-order chi connectivity index (χ0) is 29.0. The maximum Gasteiger partial charge on any atom is 0.201 e. The van der Waals surface area contributed by atoms with Crippen molar-refractivity contribution in [2.75, 3.05) is 13.2 Å². The van der Waals surface area contributed by atoms with Crippen LogP contribution >= 0.6 is 0 Å². The summed E-state index contributed by atoms with van der Waals surface area (Å²) in [4.78, 5) is 0. The third-order valence-electron chi connectivity index (χ3n) is 8.27. The highest BCUT2D eigenvalue weighted by molar-refractivity contribution is 5.71. The summed E-state index contributed by atoms with van der Waals surface area (Å²) in [5.74, 6) is -2.06. The largest absolute Gasteiger partial charge is 0.490 e. The fourth-order valence-electron chi connectivity index (χ4n) is 5.70. The first-order valence-corrected chi connectivity index (χ1v) is 15.6. The molecule has 1 aliphatic heterocycles. The summed E-state index contributed by atoms with van der Waals surface area (Å²) in [5, 5.41) is 0. The third-order valence-corrected chi connectivity index (χ3v) is 8.27. The lowest BCUT2D eigenvalue weighted by Gasteiger charge is -2.29. The Kier molecular flexibility index (Phi) is 12.2. The summed E-state index contributed by atoms with van der Waals surface area (Å²) < 4.78 is 56.4. The molecule has 0 aliphatic carbocycles. The van der Waals surface area contributed by atoms with E-state index in [2.05, 4.69) is 13.8 Å². The molecule has 5 heteroatoms. The average Bonchev–Trinajstić information content (AvgIpc) is 2.99. The Labute approximate surface area is 244 Å². The van der Waals surface area contributed by atoms with Gasteiger partial charge in [-0.1, -0.05) is 102 Å². The van der Waals surface area contributed by atoms with E-state index in [1.165, 1.54) is 44.2 Å². The zero-order valence-electron chi connectivity index (χ0n) is 24.7. The molecule has 41 heavy (non-hydrogen) atoms. The van der Waals surface area contributed by atoms with Gasteiger partial charge in [0.25, 0.3) is 0 Å². The number of rotatable bonds is 15. The van der Waals surface area contributed by atoms with Crippen LogP contribution in [0.15, 0.2) is 54.6 Å². The molecule has 0 aromatic heterocycles. The predicted molar refractivity (Wildman–Crippen MR) is 162 cm³/mol. The number of ether oxygens (including phenoxy) is 2. The molecule has 0 N–H and O–H groups in total. The minimum Gasteiger partial charge on any atom is -0.490 e. The van der Waals surface area contributed by atoms with E-state index >= 15 is 4.39 Å². The van der Waals surface area contributed by atoms with Crippen molar-refractivity contribution in [1.82, 2.24) is 0 Å². The quantitative estimate of drug-likeness (QED) is 0.170. The molecule has 222 valence electrons. The Morgan fingerprint density at radius 2 is 1.37 bits per heavy atom. The van der Waals surface area contributed by atoms with Gasteiger partial charge in [-0.3, -0.25) is 0 Å². The molecule has 2 unspecified atom stereocenters. The standard InChI is InChI=1S/C36H45F3O2/c1-3-5-7-9-10-12-30-19-17-29(25-41-30)28-18-20-31(33(37)24-28)26-13-15-27(16-14-26)32-21-22-34(36(39)35(32)38)40-23-11-8-6-4-2/h13-16,18,20-22,24,29-30H,3-12,17,19,23,25H2,1-2H3. The van der Waals surface area contributed by atoms with E-state index in [1.54, 1.807) is 30.3 Å². The van der Waals surface area contributed by atoms with Crippen molar-refractivity contribution in [3.63, 3.8) is 0 Å². The highest BCUT2D eigenvalue weighted by Gasteiger charge is 2.23. The van der Waals surface area contributed by atoms with Crippen molar-refractivity contribution in [1.29, 1.82) is 0 Å². The number of hydrogen-bond acceptors (Lipinski definition) is 2. The van der Waals surface area contributed by atoms with Gasteiger partial charge in [-0.25, -0.2) is 8.78 Å². The molecular weight excluding hydrogens is 521 g/mol. The topological polar surface area (TPSA) is 18.5 Å². The van der Waals surface area contributed by atoms with Gasteiger partial charge in [0.15, 0.2) is 11.6 Å². The zero-order valence-corrected chi connectivity index (χ0v) is 24.7. The molecule has 0 amide bonds. The van der Waals surface area contributed by atoms with Crippen molar-refractivity contribution in [3.05, 3.63) is 77.6 Å². The second-order valence-corrected chi connectivity index (χ2v) is 11.4. The lowest BCUT2D eigenvalue weighted by Crippen LogP contribution is -2.24. The first kappa shape index (κ1) is 31.2. The van der Waals surface area contributed by atoms with Crippen LogP contribution < -0.4 is 4.74 Å². The van der Waals surface area contributed by atoms with E-state index in [4.69, 9.17) is 9.47 Å². The normalized spacial score (nSPS) is 17.1. The molecule has 2 nitrogen and oxygen atoms in total. The Bertz CT molecular complexity index is 1220. The summed E-state index contributed by atoms with van der Waals surface area (Å²) in [5.41, 5.74) is 2.82. The van der Waals surface area contributed by atoms with Crippen LogP contribution in [0.5, 0.6) is 5.75 Å². The Morgan fingerprint density at radius 3 is 2.02 bits per heavy atom. The number of benzene rings is 3. The van der Waals surface area contributed by atoms with E-state index in [9.17, 15) is 8.78 Å². The SMILES string of the molecule is CCCCCCCC1CCC(c2ccc(-c3ccc(-c4ccc(OCCCCCC)c(F)c4F)cc3)c(F)c2)CO1. The van der Waals surface area contributed by atoms with Crippen LogP contribution in [-0.4, -0.2) is 19.3 Å². The van der Waals surface area contributed by atoms with E-state index in [0.29, 0.717) is 36.0 Å². The highest BCUT2D eigenvalue weighted by Crippen LogP contribution is 2.35. The van der Waals surface area contributed by atoms with E-state index < -0.39 is 11.6 Å². The van der Waals surface area contributed by atoms with Gasteiger partial charge >= 0.3 is 0 Å². The average molecular weight is 567 g/mol. The predicted octanol–water partition coefficient (Wildman–Crippen LogP) is 11.0. The lowest BCUT2D eigenvalue weighted by molar-refractivity contribution is -0.00217. The minimum atomic E-state index is -0.978. The van der Waals surface area contributed by atoms with Crippen LogP contribution in [0.3, 0.4) is 0 Å². The first-order valence-electron chi connectivity index (χ1n) is 15.6.